The maximum atomic E-state index is 13.7. The second kappa shape index (κ2) is 8.24. The fourth-order valence-electron chi connectivity index (χ4n) is 3.57. The molecule has 162 valence electrons. The Labute approximate surface area is 191 Å². The van der Waals surface area contributed by atoms with Crippen LogP contribution in [0.4, 0.5) is 15.8 Å². The van der Waals surface area contributed by atoms with Crippen molar-refractivity contribution in [2.45, 2.75) is 26.2 Å². The lowest BCUT2D eigenvalue weighted by molar-refractivity contribution is -0.120. The molecule has 1 heterocycles. The maximum Gasteiger partial charge on any atom is 0.282 e. The number of hydrogen-bond donors (Lipinski definition) is 1. The van der Waals surface area contributed by atoms with Crippen molar-refractivity contribution < 1.29 is 14.0 Å². The van der Waals surface area contributed by atoms with Crippen molar-refractivity contribution in [2.75, 3.05) is 10.2 Å². The Balaban J connectivity index is 1.77. The Bertz CT molecular complexity index is 1230. The quantitative estimate of drug-likeness (QED) is 0.485. The number of carbonyl (C=O) groups is 2. The molecule has 1 N–H and O–H groups in total. The van der Waals surface area contributed by atoms with Gasteiger partial charge in [0.2, 0.25) is 0 Å². The summed E-state index contributed by atoms with van der Waals surface area (Å²) >= 11 is 5.91. The zero-order chi connectivity index (χ0) is 23.0. The van der Waals surface area contributed by atoms with Gasteiger partial charge >= 0.3 is 0 Å². The standard InChI is InChI=1S/C26H22ClFN2O2/c1-26(2,3)17-9-11-18(12-10-17)29-23-22(16-7-5-4-6-8-16)24(31)30(25(23)32)19-13-14-21(28)20(27)15-19/h4-15,29H,1-3H3. The van der Waals surface area contributed by atoms with Crippen LogP contribution in [0.2, 0.25) is 5.02 Å². The average Bonchev–Trinajstić information content (AvgIpc) is 3.00. The third kappa shape index (κ3) is 4.04. The Morgan fingerprint density at radius 3 is 2.12 bits per heavy atom. The van der Waals surface area contributed by atoms with Gasteiger partial charge in [-0.15, -0.1) is 0 Å². The van der Waals surface area contributed by atoms with E-state index in [0.717, 1.165) is 16.5 Å². The minimum Gasteiger partial charge on any atom is -0.350 e. The van der Waals surface area contributed by atoms with Gasteiger partial charge in [0.15, 0.2) is 0 Å². The third-order valence-electron chi connectivity index (χ3n) is 5.33. The van der Waals surface area contributed by atoms with E-state index >= 15 is 0 Å². The molecule has 0 radical (unpaired) electrons. The molecule has 4 rings (SSSR count). The summed E-state index contributed by atoms with van der Waals surface area (Å²) in [4.78, 5) is 27.8. The summed E-state index contributed by atoms with van der Waals surface area (Å²) in [5.41, 5.74) is 3.04. The van der Waals surface area contributed by atoms with Crippen molar-refractivity contribution in [1.82, 2.24) is 0 Å². The first-order valence-corrected chi connectivity index (χ1v) is 10.6. The minimum absolute atomic E-state index is 0.00914. The molecule has 0 saturated heterocycles. The van der Waals surface area contributed by atoms with Crippen LogP contribution in [-0.2, 0) is 15.0 Å². The molecule has 32 heavy (non-hydrogen) atoms. The van der Waals surface area contributed by atoms with Crippen LogP contribution in [0.25, 0.3) is 5.57 Å². The molecule has 0 bridgehead atoms. The lowest BCUT2D eigenvalue weighted by Gasteiger charge is -2.19. The third-order valence-corrected chi connectivity index (χ3v) is 5.62. The number of amides is 2. The number of rotatable bonds is 4. The van der Waals surface area contributed by atoms with Crippen LogP contribution in [0.1, 0.15) is 31.9 Å². The Morgan fingerprint density at radius 2 is 1.53 bits per heavy atom. The summed E-state index contributed by atoms with van der Waals surface area (Å²) in [5, 5.41) is 2.97. The molecule has 1 aliphatic rings. The molecular weight excluding hydrogens is 427 g/mol. The molecule has 0 spiro atoms. The predicted octanol–water partition coefficient (Wildman–Crippen LogP) is 6.17. The van der Waals surface area contributed by atoms with Crippen molar-refractivity contribution >= 4 is 40.4 Å². The molecule has 0 unspecified atom stereocenters. The number of nitrogens with one attached hydrogen (secondary N) is 1. The van der Waals surface area contributed by atoms with E-state index in [1.807, 2.05) is 30.3 Å². The normalized spacial score (nSPS) is 14.3. The van der Waals surface area contributed by atoms with Crippen LogP contribution >= 0.6 is 11.6 Å². The van der Waals surface area contributed by atoms with Crippen molar-refractivity contribution in [2.24, 2.45) is 0 Å². The highest BCUT2D eigenvalue weighted by atomic mass is 35.5. The van der Waals surface area contributed by atoms with E-state index in [9.17, 15) is 14.0 Å². The molecule has 6 heteroatoms. The number of benzene rings is 3. The summed E-state index contributed by atoms with van der Waals surface area (Å²) in [6, 6.07) is 20.5. The highest BCUT2D eigenvalue weighted by molar-refractivity contribution is 6.46. The smallest absolute Gasteiger partial charge is 0.282 e. The Morgan fingerprint density at radius 1 is 0.875 bits per heavy atom. The van der Waals surface area contributed by atoms with Crippen LogP contribution < -0.4 is 10.2 Å². The average molecular weight is 449 g/mol. The summed E-state index contributed by atoms with van der Waals surface area (Å²) in [6.07, 6.45) is 0. The van der Waals surface area contributed by atoms with Gasteiger partial charge in [-0.3, -0.25) is 9.59 Å². The summed E-state index contributed by atoms with van der Waals surface area (Å²) < 4.78 is 13.7. The Hall–Kier alpha value is -3.44. The van der Waals surface area contributed by atoms with Gasteiger partial charge in [0.1, 0.15) is 11.5 Å². The van der Waals surface area contributed by atoms with Crippen molar-refractivity contribution in [3.63, 3.8) is 0 Å². The lowest BCUT2D eigenvalue weighted by Crippen LogP contribution is -2.32. The predicted molar refractivity (Wildman–Crippen MR) is 126 cm³/mol. The number of hydrogen-bond acceptors (Lipinski definition) is 3. The largest absolute Gasteiger partial charge is 0.350 e. The fourth-order valence-corrected chi connectivity index (χ4v) is 3.75. The highest BCUT2D eigenvalue weighted by Gasteiger charge is 2.40. The number of anilines is 2. The monoisotopic (exact) mass is 448 g/mol. The topological polar surface area (TPSA) is 49.4 Å². The van der Waals surface area contributed by atoms with E-state index in [-0.39, 0.29) is 27.4 Å². The van der Waals surface area contributed by atoms with Crippen molar-refractivity contribution in [3.8, 4) is 0 Å². The second-order valence-corrected chi connectivity index (χ2v) is 9.02. The van der Waals surface area contributed by atoms with Gasteiger partial charge in [0.05, 0.1) is 16.3 Å². The van der Waals surface area contributed by atoms with Crippen LogP contribution in [-0.4, -0.2) is 11.8 Å². The van der Waals surface area contributed by atoms with Crippen molar-refractivity contribution in [1.29, 1.82) is 0 Å². The maximum absolute atomic E-state index is 13.7. The molecule has 0 saturated carbocycles. The Kier molecular flexibility index (Phi) is 5.61. The molecule has 0 aromatic heterocycles. The molecule has 3 aromatic rings. The number of nitrogens with zero attached hydrogens (tertiary/aromatic N) is 1. The van der Waals surface area contributed by atoms with Gasteiger partial charge in [-0.25, -0.2) is 9.29 Å². The van der Waals surface area contributed by atoms with E-state index < -0.39 is 17.6 Å². The van der Waals surface area contributed by atoms with Gasteiger partial charge in [0.25, 0.3) is 11.8 Å². The number of imide groups is 1. The molecule has 4 nitrogen and oxygen atoms in total. The van der Waals surface area contributed by atoms with E-state index in [1.54, 1.807) is 24.3 Å². The zero-order valence-corrected chi connectivity index (χ0v) is 18.7. The van der Waals surface area contributed by atoms with E-state index in [4.69, 9.17) is 11.6 Å². The van der Waals surface area contributed by atoms with Gasteiger partial charge in [-0.05, 0) is 46.9 Å². The summed E-state index contributed by atoms with van der Waals surface area (Å²) in [6.45, 7) is 6.36. The first-order chi connectivity index (χ1) is 15.2. The van der Waals surface area contributed by atoms with Gasteiger partial charge < -0.3 is 5.32 Å². The van der Waals surface area contributed by atoms with Gasteiger partial charge in [0, 0.05) is 5.69 Å². The number of halogens is 2. The molecular formula is C26H22ClFN2O2. The zero-order valence-electron chi connectivity index (χ0n) is 17.9. The minimum atomic E-state index is -0.622. The van der Waals surface area contributed by atoms with Crippen molar-refractivity contribution in [3.05, 3.63) is 100 Å². The van der Waals surface area contributed by atoms with E-state index in [1.165, 1.54) is 12.1 Å². The van der Waals surface area contributed by atoms with Crippen LogP contribution in [0.3, 0.4) is 0 Å². The number of carbonyl (C=O) groups excluding carboxylic acids is 2. The lowest BCUT2D eigenvalue weighted by atomic mass is 9.87. The van der Waals surface area contributed by atoms with E-state index in [0.29, 0.717) is 11.3 Å². The fraction of sp³-hybridized carbons (Fsp3) is 0.154. The molecule has 3 aromatic carbocycles. The molecule has 0 fully saturated rings. The summed E-state index contributed by atoms with van der Waals surface area (Å²) in [7, 11) is 0. The molecule has 2 amide bonds. The highest BCUT2D eigenvalue weighted by Crippen LogP contribution is 2.35. The van der Waals surface area contributed by atoms with Crippen LogP contribution in [0, 0.1) is 5.82 Å². The second-order valence-electron chi connectivity index (χ2n) is 8.61. The van der Waals surface area contributed by atoms with Crippen LogP contribution in [0.15, 0.2) is 78.5 Å². The van der Waals surface area contributed by atoms with Crippen LogP contribution in [0.5, 0.6) is 0 Å². The summed E-state index contributed by atoms with van der Waals surface area (Å²) in [5.74, 6) is -1.66. The SMILES string of the molecule is CC(C)(C)c1ccc(NC2=C(c3ccccc3)C(=O)N(c3ccc(F)c(Cl)c3)C2=O)cc1. The first-order valence-electron chi connectivity index (χ1n) is 10.2. The van der Waals surface area contributed by atoms with Gasteiger partial charge in [-0.2, -0.15) is 0 Å². The molecule has 1 aliphatic heterocycles. The molecule has 0 aliphatic carbocycles. The van der Waals surface area contributed by atoms with E-state index in [2.05, 4.69) is 26.1 Å². The van der Waals surface area contributed by atoms with Gasteiger partial charge in [-0.1, -0.05) is 74.8 Å². The first kappa shape index (κ1) is 21.8. The molecule has 0 atom stereocenters.